The summed E-state index contributed by atoms with van der Waals surface area (Å²) >= 11 is 0. The molecule has 0 aliphatic carbocycles. The molecule has 2 fully saturated rings. The Hall–Kier alpha value is -3.96. The number of ether oxygens (including phenoxy) is 2. The number of benzene rings is 2. The lowest BCUT2D eigenvalue weighted by Crippen LogP contribution is -2.55. The van der Waals surface area contributed by atoms with E-state index >= 15 is 0 Å². The SMILES string of the molecule is O=C1C[C@@H](C(=O)NCCN2CCOCC2)NC(=O)c2ccccc2OC[C@H]2CCCN2C(=O)[C@H](Cc2ccccc2)N1. The van der Waals surface area contributed by atoms with E-state index < -0.39 is 29.8 Å². The minimum Gasteiger partial charge on any atom is -0.491 e. The molecule has 0 aromatic heterocycles. The average molecular weight is 578 g/mol. The second kappa shape index (κ2) is 14.3. The molecule has 2 saturated heterocycles. The van der Waals surface area contributed by atoms with Crippen LogP contribution in [0.3, 0.4) is 0 Å². The first-order valence-electron chi connectivity index (χ1n) is 14.7. The Labute approximate surface area is 245 Å². The van der Waals surface area contributed by atoms with Gasteiger partial charge in [-0.2, -0.15) is 0 Å². The summed E-state index contributed by atoms with van der Waals surface area (Å²) in [6, 6.07) is 14.2. The zero-order valence-corrected chi connectivity index (χ0v) is 23.8. The number of carbonyl (C=O) groups excluding carboxylic acids is 4. The van der Waals surface area contributed by atoms with Crippen LogP contribution in [0.4, 0.5) is 0 Å². The van der Waals surface area contributed by atoms with Crippen LogP contribution in [0.1, 0.15) is 35.2 Å². The molecule has 2 aromatic rings. The maximum Gasteiger partial charge on any atom is 0.255 e. The molecule has 0 bridgehead atoms. The zero-order chi connectivity index (χ0) is 29.3. The summed E-state index contributed by atoms with van der Waals surface area (Å²) in [5.74, 6) is -1.29. The predicted octanol–water partition coefficient (Wildman–Crippen LogP) is 0.734. The fourth-order valence-corrected chi connectivity index (χ4v) is 5.68. The third kappa shape index (κ3) is 7.65. The monoisotopic (exact) mass is 577 g/mol. The number of hydrogen-bond acceptors (Lipinski definition) is 7. The fraction of sp³-hybridized carbons (Fsp3) is 0.484. The van der Waals surface area contributed by atoms with Crippen molar-refractivity contribution in [3.63, 3.8) is 0 Å². The highest BCUT2D eigenvalue weighted by molar-refractivity contribution is 6.01. The van der Waals surface area contributed by atoms with E-state index in [2.05, 4.69) is 20.9 Å². The Morgan fingerprint density at radius 2 is 1.71 bits per heavy atom. The molecule has 3 atom stereocenters. The van der Waals surface area contributed by atoms with Gasteiger partial charge in [-0.05, 0) is 30.5 Å². The molecule has 3 aliphatic heterocycles. The van der Waals surface area contributed by atoms with Gasteiger partial charge in [-0.15, -0.1) is 0 Å². The Balaban J connectivity index is 1.37. The minimum atomic E-state index is -1.15. The average Bonchev–Trinajstić information content (AvgIpc) is 3.48. The van der Waals surface area contributed by atoms with Crippen molar-refractivity contribution in [2.45, 2.75) is 43.8 Å². The van der Waals surface area contributed by atoms with Crippen molar-refractivity contribution in [3.8, 4) is 5.75 Å². The highest BCUT2D eigenvalue weighted by atomic mass is 16.5. The molecule has 4 amide bonds. The first-order chi connectivity index (χ1) is 20.5. The summed E-state index contributed by atoms with van der Waals surface area (Å²) in [5, 5.41) is 8.50. The quantitative estimate of drug-likeness (QED) is 0.462. The van der Waals surface area contributed by atoms with Gasteiger partial charge in [0.25, 0.3) is 5.91 Å². The largest absolute Gasteiger partial charge is 0.491 e. The number of morpholine rings is 1. The fourth-order valence-electron chi connectivity index (χ4n) is 5.68. The molecule has 3 aliphatic rings. The van der Waals surface area contributed by atoms with E-state index in [1.165, 1.54) is 0 Å². The summed E-state index contributed by atoms with van der Waals surface area (Å²) < 4.78 is 11.5. The van der Waals surface area contributed by atoms with Crippen LogP contribution in [0.2, 0.25) is 0 Å². The van der Waals surface area contributed by atoms with E-state index in [9.17, 15) is 19.2 Å². The summed E-state index contributed by atoms with van der Waals surface area (Å²) in [7, 11) is 0. The summed E-state index contributed by atoms with van der Waals surface area (Å²) in [6.45, 7) is 4.62. The van der Waals surface area contributed by atoms with Gasteiger partial charge in [0.15, 0.2) is 0 Å². The first-order valence-corrected chi connectivity index (χ1v) is 14.7. The number of fused-ring (bicyclic) bond motifs is 2. The Morgan fingerprint density at radius 3 is 2.52 bits per heavy atom. The molecular weight excluding hydrogens is 538 g/mol. The second-order valence-electron chi connectivity index (χ2n) is 10.9. The van der Waals surface area contributed by atoms with Crippen molar-refractivity contribution < 1.29 is 28.7 Å². The summed E-state index contributed by atoms with van der Waals surface area (Å²) in [5.41, 5.74) is 1.17. The van der Waals surface area contributed by atoms with Gasteiger partial charge in [-0.3, -0.25) is 24.1 Å². The van der Waals surface area contributed by atoms with Gasteiger partial charge in [0.05, 0.1) is 31.2 Å². The Bertz CT molecular complexity index is 1250. The lowest BCUT2D eigenvalue weighted by molar-refractivity contribution is -0.138. The van der Waals surface area contributed by atoms with Crippen LogP contribution in [0.15, 0.2) is 54.6 Å². The number of amides is 4. The van der Waals surface area contributed by atoms with Gasteiger partial charge in [-0.25, -0.2) is 0 Å². The molecule has 11 nitrogen and oxygen atoms in total. The predicted molar refractivity (Wildman–Crippen MR) is 155 cm³/mol. The molecule has 3 heterocycles. The third-order valence-electron chi connectivity index (χ3n) is 7.98. The van der Waals surface area contributed by atoms with Gasteiger partial charge in [-0.1, -0.05) is 42.5 Å². The van der Waals surface area contributed by atoms with Crippen LogP contribution in [-0.4, -0.2) is 104 Å². The van der Waals surface area contributed by atoms with E-state index in [1.54, 1.807) is 29.2 Å². The maximum absolute atomic E-state index is 13.8. The Kier molecular flexibility index (Phi) is 10.0. The van der Waals surface area contributed by atoms with Crippen LogP contribution in [0.25, 0.3) is 0 Å². The molecule has 0 radical (unpaired) electrons. The maximum atomic E-state index is 13.8. The van der Waals surface area contributed by atoms with Crippen molar-refractivity contribution in [3.05, 3.63) is 65.7 Å². The standard InChI is InChI=1S/C31H39N5O6/c37-28-20-25(30(39)32-12-14-35-15-17-41-18-16-35)34-29(38)24-10-4-5-11-27(24)42-21-23-9-6-13-36(23)31(40)26(33-28)19-22-7-2-1-3-8-22/h1-5,7-8,10-11,23,25-26H,6,9,12-21H2,(H,32,39)(H,33,37)(H,34,38)/t23-,25+,26+/m1/s1. The third-order valence-corrected chi connectivity index (χ3v) is 7.98. The minimum absolute atomic E-state index is 0.181. The molecule has 11 heteroatoms. The molecular formula is C31H39N5O6. The summed E-state index contributed by atoms with van der Waals surface area (Å²) in [6.07, 6.45) is 1.57. The van der Waals surface area contributed by atoms with E-state index in [0.29, 0.717) is 45.0 Å². The number of rotatable bonds is 6. The van der Waals surface area contributed by atoms with Gasteiger partial charge < -0.3 is 30.3 Å². The van der Waals surface area contributed by atoms with Crippen molar-refractivity contribution in [1.29, 1.82) is 0 Å². The van der Waals surface area contributed by atoms with Crippen molar-refractivity contribution in [1.82, 2.24) is 25.8 Å². The van der Waals surface area contributed by atoms with Gasteiger partial charge in [0, 0.05) is 39.1 Å². The topological polar surface area (TPSA) is 129 Å². The molecule has 3 N–H and O–H groups in total. The normalized spacial score (nSPS) is 24.0. The van der Waals surface area contributed by atoms with Gasteiger partial charge in [0.2, 0.25) is 17.7 Å². The summed E-state index contributed by atoms with van der Waals surface area (Å²) in [4.78, 5) is 57.9. The van der Waals surface area contributed by atoms with E-state index in [-0.39, 0.29) is 30.5 Å². The smallest absolute Gasteiger partial charge is 0.255 e. The van der Waals surface area contributed by atoms with Crippen LogP contribution in [0, 0.1) is 0 Å². The van der Waals surface area contributed by atoms with Gasteiger partial charge >= 0.3 is 0 Å². The molecule has 224 valence electrons. The van der Waals surface area contributed by atoms with Crippen molar-refractivity contribution in [2.24, 2.45) is 0 Å². The highest BCUT2D eigenvalue weighted by Crippen LogP contribution is 2.24. The lowest BCUT2D eigenvalue weighted by atomic mass is 10.0. The highest BCUT2D eigenvalue weighted by Gasteiger charge is 2.36. The molecule has 0 saturated carbocycles. The van der Waals surface area contributed by atoms with Crippen LogP contribution >= 0.6 is 0 Å². The van der Waals surface area contributed by atoms with Gasteiger partial charge in [0.1, 0.15) is 24.4 Å². The van der Waals surface area contributed by atoms with Crippen LogP contribution < -0.4 is 20.7 Å². The molecule has 2 aromatic carbocycles. The van der Waals surface area contributed by atoms with E-state index in [0.717, 1.165) is 31.5 Å². The number of carbonyl (C=O) groups is 4. The van der Waals surface area contributed by atoms with Crippen molar-refractivity contribution in [2.75, 3.05) is 52.5 Å². The number of nitrogens with zero attached hydrogens (tertiary/aromatic N) is 2. The molecule has 5 rings (SSSR count). The van der Waals surface area contributed by atoms with Crippen LogP contribution in [0.5, 0.6) is 5.75 Å². The lowest BCUT2D eigenvalue weighted by Gasteiger charge is -2.30. The van der Waals surface area contributed by atoms with Crippen molar-refractivity contribution >= 4 is 23.6 Å². The van der Waals surface area contributed by atoms with E-state index in [4.69, 9.17) is 9.47 Å². The van der Waals surface area contributed by atoms with Crippen LogP contribution in [-0.2, 0) is 25.5 Å². The molecule has 42 heavy (non-hydrogen) atoms. The molecule has 0 unspecified atom stereocenters. The zero-order valence-electron chi connectivity index (χ0n) is 23.8. The number of hydrogen-bond donors (Lipinski definition) is 3. The first kappa shape index (κ1) is 29.5. The number of nitrogens with one attached hydrogen (secondary N) is 3. The van der Waals surface area contributed by atoms with E-state index in [1.807, 2.05) is 30.3 Å². The number of para-hydroxylation sites is 1. The second-order valence-corrected chi connectivity index (χ2v) is 10.9. The Morgan fingerprint density at radius 1 is 0.952 bits per heavy atom. The molecule has 0 spiro atoms.